The fourth-order valence-corrected chi connectivity index (χ4v) is 3.09. The van der Waals surface area contributed by atoms with Gasteiger partial charge in [0.25, 0.3) is 5.91 Å². The smallest absolute Gasteiger partial charge is 0.317 e. The molecule has 0 bridgehead atoms. The first-order valence-corrected chi connectivity index (χ1v) is 8.95. The van der Waals surface area contributed by atoms with E-state index in [1.807, 2.05) is 37.8 Å². The molecular formula is C19H29N3O3. The van der Waals surface area contributed by atoms with Gasteiger partial charge in [0, 0.05) is 38.3 Å². The lowest BCUT2D eigenvalue weighted by atomic mass is 10.0. The van der Waals surface area contributed by atoms with Gasteiger partial charge in [0.2, 0.25) is 0 Å². The van der Waals surface area contributed by atoms with E-state index in [1.165, 1.54) is 0 Å². The van der Waals surface area contributed by atoms with E-state index in [0.29, 0.717) is 38.3 Å². The van der Waals surface area contributed by atoms with E-state index in [4.69, 9.17) is 4.74 Å². The normalized spacial score (nSPS) is 14.9. The van der Waals surface area contributed by atoms with Crippen LogP contribution in [0, 0.1) is 13.8 Å². The Bertz CT molecular complexity index is 631. The maximum atomic E-state index is 12.9. The highest BCUT2D eigenvalue weighted by Crippen LogP contribution is 2.25. The number of carbonyl (C=O) groups excluding carboxylic acids is 2. The van der Waals surface area contributed by atoms with Crippen molar-refractivity contribution in [1.29, 1.82) is 0 Å². The highest BCUT2D eigenvalue weighted by atomic mass is 16.5. The standard InChI is InChI=1S/C19H29N3O3/c1-5-9-20-19(24)22-11-6-10-21(12-13-22)18(23)16-7-8-17(25-4)15(3)14(16)2/h7-8H,5-6,9-13H2,1-4H3,(H,20,24). The lowest BCUT2D eigenvalue weighted by Crippen LogP contribution is -2.42. The first-order chi connectivity index (χ1) is 12.0. The number of nitrogens with zero attached hydrogens (tertiary/aromatic N) is 2. The summed E-state index contributed by atoms with van der Waals surface area (Å²) in [7, 11) is 1.64. The predicted octanol–water partition coefficient (Wildman–Crippen LogP) is 2.58. The Labute approximate surface area is 150 Å². The van der Waals surface area contributed by atoms with Crippen LogP contribution in [0.1, 0.15) is 41.3 Å². The summed E-state index contributed by atoms with van der Waals surface area (Å²) in [5.41, 5.74) is 2.65. The lowest BCUT2D eigenvalue weighted by molar-refractivity contribution is 0.0761. The van der Waals surface area contributed by atoms with Crippen molar-refractivity contribution in [2.24, 2.45) is 0 Å². The summed E-state index contributed by atoms with van der Waals surface area (Å²) in [6.07, 6.45) is 1.71. The van der Waals surface area contributed by atoms with Crippen LogP contribution in [-0.4, -0.2) is 61.6 Å². The van der Waals surface area contributed by atoms with Crippen LogP contribution >= 0.6 is 0 Å². The molecule has 1 aliphatic heterocycles. The van der Waals surface area contributed by atoms with Gasteiger partial charge in [-0.05, 0) is 49.9 Å². The third-order valence-electron chi connectivity index (χ3n) is 4.78. The van der Waals surface area contributed by atoms with Crippen LogP contribution in [0.2, 0.25) is 0 Å². The van der Waals surface area contributed by atoms with E-state index in [1.54, 1.807) is 12.0 Å². The Balaban J connectivity index is 2.06. The van der Waals surface area contributed by atoms with Gasteiger partial charge >= 0.3 is 6.03 Å². The van der Waals surface area contributed by atoms with Crippen LogP contribution in [0.25, 0.3) is 0 Å². The minimum absolute atomic E-state index is 0.0269. The average Bonchev–Trinajstić information content (AvgIpc) is 2.87. The second kappa shape index (κ2) is 8.74. The van der Waals surface area contributed by atoms with Gasteiger partial charge in [-0.2, -0.15) is 0 Å². The van der Waals surface area contributed by atoms with Gasteiger partial charge in [-0.3, -0.25) is 4.79 Å². The molecule has 0 aliphatic carbocycles. The molecule has 138 valence electrons. The zero-order chi connectivity index (χ0) is 18.4. The molecule has 1 heterocycles. The molecule has 25 heavy (non-hydrogen) atoms. The second-order valence-electron chi connectivity index (χ2n) is 6.43. The topological polar surface area (TPSA) is 61.9 Å². The van der Waals surface area contributed by atoms with Crippen molar-refractivity contribution in [2.45, 2.75) is 33.6 Å². The van der Waals surface area contributed by atoms with E-state index in [9.17, 15) is 9.59 Å². The molecule has 1 saturated heterocycles. The van der Waals surface area contributed by atoms with Crippen LogP contribution in [0.3, 0.4) is 0 Å². The van der Waals surface area contributed by atoms with Crippen molar-refractivity contribution in [3.63, 3.8) is 0 Å². The molecule has 6 heteroatoms. The minimum Gasteiger partial charge on any atom is -0.496 e. The van der Waals surface area contributed by atoms with Gasteiger partial charge < -0.3 is 19.9 Å². The Kier molecular flexibility index (Phi) is 6.67. The highest BCUT2D eigenvalue weighted by Gasteiger charge is 2.24. The Morgan fingerprint density at radius 2 is 1.76 bits per heavy atom. The molecule has 0 saturated carbocycles. The summed E-state index contributed by atoms with van der Waals surface area (Å²) in [6, 6.07) is 3.64. The molecule has 1 fully saturated rings. The van der Waals surface area contributed by atoms with Crippen LogP contribution in [0.4, 0.5) is 4.79 Å². The molecule has 0 atom stereocenters. The molecule has 0 unspecified atom stereocenters. The Hall–Kier alpha value is -2.24. The van der Waals surface area contributed by atoms with Crippen molar-refractivity contribution < 1.29 is 14.3 Å². The van der Waals surface area contributed by atoms with Crippen molar-refractivity contribution in [3.05, 3.63) is 28.8 Å². The summed E-state index contributed by atoms with van der Waals surface area (Å²) in [4.78, 5) is 28.7. The maximum Gasteiger partial charge on any atom is 0.317 e. The molecule has 1 aromatic carbocycles. The summed E-state index contributed by atoms with van der Waals surface area (Å²) < 4.78 is 5.32. The van der Waals surface area contributed by atoms with Gasteiger partial charge in [-0.1, -0.05) is 6.92 Å². The van der Waals surface area contributed by atoms with Crippen molar-refractivity contribution in [3.8, 4) is 5.75 Å². The van der Waals surface area contributed by atoms with Gasteiger partial charge in [-0.25, -0.2) is 4.79 Å². The number of rotatable bonds is 4. The Morgan fingerprint density at radius 1 is 1.08 bits per heavy atom. The number of hydrogen-bond acceptors (Lipinski definition) is 3. The molecule has 0 radical (unpaired) electrons. The van der Waals surface area contributed by atoms with Crippen molar-refractivity contribution in [1.82, 2.24) is 15.1 Å². The van der Waals surface area contributed by atoms with Gasteiger partial charge in [0.05, 0.1) is 7.11 Å². The van der Waals surface area contributed by atoms with E-state index >= 15 is 0 Å². The molecular weight excluding hydrogens is 318 g/mol. The molecule has 0 aromatic heterocycles. The summed E-state index contributed by atoms with van der Waals surface area (Å²) in [6.45, 7) is 9.10. The molecule has 1 aromatic rings. The first-order valence-electron chi connectivity index (χ1n) is 8.95. The molecule has 2 rings (SSSR count). The predicted molar refractivity (Wildman–Crippen MR) is 98.3 cm³/mol. The van der Waals surface area contributed by atoms with E-state index in [-0.39, 0.29) is 11.9 Å². The number of benzene rings is 1. The van der Waals surface area contributed by atoms with Gasteiger partial charge in [0.1, 0.15) is 5.75 Å². The van der Waals surface area contributed by atoms with Crippen molar-refractivity contribution in [2.75, 3.05) is 39.8 Å². The van der Waals surface area contributed by atoms with Crippen molar-refractivity contribution >= 4 is 11.9 Å². The fourth-order valence-electron chi connectivity index (χ4n) is 3.09. The first kappa shape index (κ1) is 19.1. The Morgan fingerprint density at radius 3 is 2.44 bits per heavy atom. The summed E-state index contributed by atoms with van der Waals surface area (Å²) >= 11 is 0. The molecule has 1 N–H and O–H groups in total. The number of methoxy groups -OCH3 is 1. The fraction of sp³-hybridized carbons (Fsp3) is 0.579. The van der Waals surface area contributed by atoms with Crippen LogP contribution < -0.4 is 10.1 Å². The molecule has 1 aliphatic rings. The lowest BCUT2D eigenvalue weighted by Gasteiger charge is -2.23. The second-order valence-corrected chi connectivity index (χ2v) is 6.43. The molecule has 6 nitrogen and oxygen atoms in total. The number of hydrogen-bond donors (Lipinski definition) is 1. The third-order valence-corrected chi connectivity index (χ3v) is 4.78. The largest absolute Gasteiger partial charge is 0.496 e. The SMILES string of the molecule is CCCNC(=O)N1CCCN(C(=O)c2ccc(OC)c(C)c2C)CC1. The van der Waals surface area contributed by atoms with Crippen LogP contribution in [0.15, 0.2) is 12.1 Å². The quantitative estimate of drug-likeness (QED) is 0.911. The molecule has 3 amide bonds. The number of carbonyl (C=O) groups is 2. The summed E-state index contributed by atoms with van der Waals surface area (Å²) in [5, 5.41) is 2.90. The average molecular weight is 347 g/mol. The van der Waals surface area contributed by atoms with E-state index in [2.05, 4.69) is 5.32 Å². The maximum absolute atomic E-state index is 12.9. The minimum atomic E-state index is -0.0346. The zero-order valence-corrected chi connectivity index (χ0v) is 15.7. The van der Waals surface area contributed by atoms with E-state index < -0.39 is 0 Å². The number of nitrogens with one attached hydrogen (secondary N) is 1. The highest BCUT2D eigenvalue weighted by molar-refractivity contribution is 5.96. The van der Waals surface area contributed by atoms with Gasteiger partial charge in [0.15, 0.2) is 0 Å². The number of amides is 3. The number of urea groups is 1. The zero-order valence-electron chi connectivity index (χ0n) is 15.7. The summed E-state index contributed by atoms with van der Waals surface area (Å²) in [5.74, 6) is 0.822. The number of ether oxygens (including phenoxy) is 1. The molecule has 0 spiro atoms. The third kappa shape index (κ3) is 4.44. The van der Waals surface area contributed by atoms with Crippen LogP contribution in [0.5, 0.6) is 5.75 Å². The van der Waals surface area contributed by atoms with E-state index in [0.717, 1.165) is 29.7 Å². The van der Waals surface area contributed by atoms with Crippen LogP contribution in [-0.2, 0) is 0 Å². The monoisotopic (exact) mass is 347 g/mol. The van der Waals surface area contributed by atoms with Gasteiger partial charge in [-0.15, -0.1) is 0 Å².